The molecule has 166 valence electrons. The number of nitrogens with one attached hydrogen (secondary N) is 1. The number of nitrogens with zero attached hydrogens (tertiary/aromatic N) is 2. The normalized spacial score (nSPS) is 11.8. The fourth-order valence-electron chi connectivity index (χ4n) is 2.85. The van der Waals surface area contributed by atoms with E-state index < -0.39 is 22.5 Å². The molecule has 0 radical (unpaired) electrons. The number of benzene rings is 3. The van der Waals surface area contributed by atoms with Crippen LogP contribution in [0.1, 0.15) is 16.7 Å². The highest BCUT2D eigenvalue weighted by molar-refractivity contribution is 7.89. The van der Waals surface area contributed by atoms with E-state index in [1.807, 2.05) is 25.1 Å². The van der Waals surface area contributed by atoms with Gasteiger partial charge in [-0.25, -0.2) is 13.8 Å². The molecule has 1 amide bonds. The topological polar surface area (TPSA) is 78.8 Å². The van der Waals surface area contributed by atoms with Crippen molar-refractivity contribution in [3.63, 3.8) is 0 Å². The molecule has 0 aliphatic rings. The summed E-state index contributed by atoms with van der Waals surface area (Å²) in [4.78, 5) is 12.6. The fraction of sp³-hybridized carbons (Fsp3) is 0.130. The Kier molecular flexibility index (Phi) is 8.04. The maximum absolute atomic E-state index is 13.2. The van der Waals surface area contributed by atoms with Crippen molar-refractivity contribution in [3.8, 4) is 0 Å². The lowest BCUT2D eigenvalue weighted by molar-refractivity contribution is -0.121. The highest BCUT2D eigenvalue weighted by Crippen LogP contribution is 2.20. The summed E-state index contributed by atoms with van der Waals surface area (Å²) < 4.78 is 27.6. The molecule has 0 spiro atoms. The van der Waals surface area contributed by atoms with Gasteiger partial charge in [0.1, 0.15) is 0 Å². The van der Waals surface area contributed by atoms with Crippen LogP contribution in [0.15, 0.2) is 82.8 Å². The molecule has 3 aromatic rings. The molecule has 0 fully saturated rings. The van der Waals surface area contributed by atoms with Gasteiger partial charge in [-0.2, -0.15) is 9.41 Å². The number of hydrogen-bond donors (Lipinski definition) is 1. The van der Waals surface area contributed by atoms with E-state index >= 15 is 0 Å². The second-order valence-corrected chi connectivity index (χ2v) is 9.81. The fourth-order valence-corrected chi connectivity index (χ4v) is 4.69. The third-order valence-corrected chi connectivity index (χ3v) is 6.90. The van der Waals surface area contributed by atoms with Crippen LogP contribution in [0.5, 0.6) is 0 Å². The second-order valence-electron chi connectivity index (χ2n) is 7.03. The monoisotopic (exact) mass is 489 g/mol. The third-order valence-electron chi connectivity index (χ3n) is 4.54. The van der Waals surface area contributed by atoms with Crippen LogP contribution in [0.4, 0.5) is 0 Å². The molecule has 0 aliphatic carbocycles. The second kappa shape index (κ2) is 10.7. The van der Waals surface area contributed by atoms with Gasteiger partial charge in [-0.15, -0.1) is 0 Å². The van der Waals surface area contributed by atoms with Crippen LogP contribution in [0, 0.1) is 6.92 Å². The Bertz CT molecular complexity index is 1210. The van der Waals surface area contributed by atoms with Crippen LogP contribution in [-0.2, 0) is 21.4 Å². The van der Waals surface area contributed by atoms with Crippen LogP contribution in [-0.4, -0.2) is 31.4 Å². The van der Waals surface area contributed by atoms with E-state index in [1.54, 1.807) is 42.5 Å². The first-order valence-corrected chi connectivity index (χ1v) is 11.8. The number of rotatable bonds is 8. The molecule has 0 aliphatic heterocycles. The van der Waals surface area contributed by atoms with Crippen molar-refractivity contribution in [1.29, 1.82) is 0 Å². The first-order valence-electron chi connectivity index (χ1n) is 9.63. The molecule has 6 nitrogen and oxygen atoms in total. The Morgan fingerprint density at radius 3 is 2.38 bits per heavy atom. The smallest absolute Gasteiger partial charge is 0.255 e. The van der Waals surface area contributed by atoms with Gasteiger partial charge in [-0.3, -0.25) is 4.79 Å². The van der Waals surface area contributed by atoms with E-state index in [0.29, 0.717) is 15.6 Å². The van der Waals surface area contributed by atoms with Crippen molar-refractivity contribution in [3.05, 3.63) is 99.5 Å². The number of carbonyl (C=O) groups excluding carboxylic acids is 1. The number of carbonyl (C=O) groups is 1. The van der Waals surface area contributed by atoms with Crippen molar-refractivity contribution in [2.45, 2.75) is 18.4 Å². The van der Waals surface area contributed by atoms with E-state index in [4.69, 9.17) is 23.2 Å². The van der Waals surface area contributed by atoms with E-state index in [2.05, 4.69) is 10.5 Å². The van der Waals surface area contributed by atoms with Crippen LogP contribution in [0.25, 0.3) is 0 Å². The number of amides is 1. The highest BCUT2D eigenvalue weighted by Gasteiger charge is 2.26. The average molecular weight is 490 g/mol. The number of aryl methyl sites for hydroxylation is 1. The largest absolute Gasteiger partial charge is 0.272 e. The van der Waals surface area contributed by atoms with Crippen LogP contribution in [0.3, 0.4) is 0 Å². The van der Waals surface area contributed by atoms with Gasteiger partial charge in [-0.1, -0.05) is 77.3 Å². The van der Waals surface area contributed by atoms with Gasteiger partial charge in [-0.05, 0) is 36.8 Å². The van der Waals surface area contributed by atoms with Crippen molar-refractivity contribution in [2.75, 3.05) is 6.54 Å². The molecule has 0 saturated carbocycles. The predicted octanol–water partition coefficient (Wildman–Crippen LogP) is 4.64. The Balaban J connectivity index is 1.78. The summed E-state index contributed by atoms with van der Waals surface area (Å²) in [6, 6.07) is 20.4. The average Bonchev–Trinajstić information content (AvgIpc) is 2.76. The Labute approximate surface area is 197 Å². The van der Waals surface area contributed by atoms with Gasteiger partial charge in [0.2, 0.25) is 10.0 Å². The summed E-state index contributed by atoms with van der Waals surface area (Å²) in [6.07, 6.45) is 1.37. The molecule has 9 heteroatoms. The molecule has 3 rings (SSSR count). The zero-order valence-corrected chi connectivity index (χ0v) is 19.5. The van der Waals surface area contributed by atoms with Crippen LogP contribution in [0.2, 0.25) is 10.0 Å². The van der Waals surface area contributed by atoms with Crippen LogP contribution >= 0.6 is 23.2 Å². The lowest BCUT2D eigenvalue weighted by atomic mass is 10.2. The van der Waals surface area contributed by atoms with Gasteiger partial charge >= 0.3 is 0 Å². The summed E-state index contributed by atoms with van der Waals surface area (Å²) in [5.74, 6) is -0.585. The number of hydrazone groups is 1. The molecule has 0 heterocycles. The van der Waals surface area contributed by atoms with Crippen molar-refractivity contribution in [2.24, 2.45) is 5.10 Å². The summed E-state index contributed by atoms with van der Waals surface area (Å²) in [5.41, 5.74) is 4.61. The third kappa shape index (κ3) is 6.40. The van der Waals surface area contributed by atoms with Crippen molar-refractivity contribution in [1.82, 2.24) is 9.73 Å². The Hall–Kier alpha value is -2.71. The van der Waals surface area contributed by atoms with Gasteiger partial charge in [0, 0.05) is 17.1 Å². The molecule has 0 saturated heterocycles. The zero-order valence-electron chi connectivity index (χ0n) is 17.2. The summed E-state index contributed by atoms with van der Waals surface area (Å²) in [6.45, 7) is 1.50. The van der Waals surface area contributed by atoms with Gasteiger partial charge in [0.15, 0.2) is 0 Å². The molecule has 0 bridgehead atoms. The minimum atomic E-state index is -3.91. The Morgan fingerprint density at radius 2 is 1.72 bits per heavy atom. The first kappa shape index (κ1) is 23.9. The maximum atomic E-state index is 13.2. The quantitative estimate of drug-likeness (QED) is 0.369. The number of halogens is 2. The number of sulfonamides is 1. The standard InChI is InChI=1S/C23H21Cl2N3O3S/c1-17-7-11-21(12-8-17)32(30,31)28(15-18-5-3-2-4-6-18)16-23(29)27-26-14-19-9-10-20(24)13-22(19)25/h2-14H,15-16H2,1H3,(H,27,29). The highest BCUT2D eigenvalue weighted by atomic mass is 35.5. The van der Waals surface area contributed by atoms with E-state index in [0.717, 1.165) is 15.4 Å². The molecular formula is C23H21Cl2N3O3S. The zero-order chi connectivity index (χ0) is 23.1. The Morgan fingerprint density at radius 1 is 1.03 bits per heavy atom. The number of hydrogen-bond acceptors (Lipinski definition) is 4. The van der Waals surface area contributed by atoms with Gasteiger partial charge < -0.3 is 0 Å². The molecule has 0 aromatic heterocycles. The minimum Gasteiger partial charge on any atom is -0.272 e. The minimum absolute atomic E-state index is 0.0389. The van der Waals surface area contributed by atoms with E-state index in [1.165, 1.54) is 18.3 Å². The van der Waals surface area contributed by atoms with Crippen molar-refractivity contribution < 1.29 is 13.2 Å². The molecule has 1 N–H and O–H groups in total. The van der Waals surface area contributed by atoms with E-state index in [9.17, 15) is 13.2 Å². The van der Waals surface area contributed by atoms with E-state index in [-0.39, 0.29) is 11.4 Å². The molecule has 32 heavy (non-hydrogen) atoms. The molecule has 0 unspecified atom stereocenters. The lowest BCUT2D eigenvalue weighted by Crippen LogP contribution is -2.39. The summed E-state index contributed by atoms with van der Waals surface area (Å²) >= 11 is 11.9. The van der Waals surface area contributed by atoms with Crippen molar-refractivity contribution >= 4 is 45.3 Å². The maximum Gasteiger partial charge on any atom is 0.255 e. The molecule has 0 atom stereocenters. The van der Waals surface area contributed by atoms with Gasteiger partial charge in [0.05, 0.1) is 22.7 Å². The SMILES string of the molecule is Cc1ccc(S(=O)(=O)N(CC(=O)NN=Cc2ccc(Cl)cc2Cl)Cc2ccccc2)cc1. The summed E-state index contributed by atoms with van der Waals surface area (Å²) in [7, 11) is -3.91. The molecular weight excluding hydrogens is 469 g/mol. The first-order chi connectivity index (χ1) is 15.3. The van der Waals surface area contributed by atoms with Crippen LogP contribution < -0.4 is 5.43 Å². The lowest BCUT2D eigenvalue weighted by Gasteiger charge is -2.21. The summed E-state index contributed by atoms with van der Waals surface area (Å²) in [5, 5.41) is 4.74. The predicted molar refractivity (Wildman–Crippen MR) is 127 cm³/mol. The molecule has 3 aromatic carbocycles. The van der Waals surface area contributed by atoms with Gasteiger partial charge in [0.25, 0.3) is 5.91 Å².